The SMILES string of the molecule is COc1ccc(CN(Cc2ccc(OC)cc2)c2cc(C)cc(-c3c(Cl)cc4c(N5CCN(C(=O)OC(C)(C)C)CC5C)nc(F)nc4c3F)n2)cc1. The predicted molar refractivity (Wildman–Crippen MR) is 203 cm³/mol. The molecule has 1 fully saturated rings. The topological polar surface area (TPSA) is 93.2 Å². The van der Waals surface area contributed by atoms with Crippen LogP contribution in [-0.4, -0.2) is 71.4 Å². The Hall–Kier alpha value is -5.23. The smallest absolute Gasteiger partial charge is 0.410 e. The van der Waals surface area contributed by atoms with E-state index >= 15 is 8.78 Å². The van der Waals surface area contributed by atoms with Gasteiger partial charge in [0.1, 0.15) is 34.3 Å². The van der Waals surface area contributed by atoms with Crippen molar-refractivity contribution in [1.82, 2.24) is 19.9 Å². The van der Waals surface area contributed by atoms with E-state index in [1.165, 1.54) is 0 Å². The molecule has 1 aliphatic rings. The van der Waals surface area contributed by atoms with Gasteiger partial charge in [-0.2, -0.15) is 14.4 Å². The average molecular weight is 745 g/mol. The number of hydrogen-bond donors (Lipinski definition) is 0. The van der Waals surface area contributed by atoms with Gasteiger partial charge in [-0.25, -0.2) is 14.2 Å². The number of halogens is 3. The Labute approximate surface area is 313 Å². The third kappa shape index (κ3) is 8.54. The zero-order valence-electron chi connectivity index (χ0n) is 30.9. The molecule has 13 heteroatoms. The number of ether oxygens (including phenoxy) is 3. The predicted octanol–water partition coefficient (Wildman–Crippen LogP) is 8.60. The Balaban J connectivity index is 1.37. The highest BCUT2D eigenvalue weighted by Crippen LogP contribution is 2.39. The Morgan fingerprint density at radius 2 is 1.51 bits per heavy atom. The summed E-state index contributed by atoms with van der Waals surface area (Å²) in [5, 5.41) is 0.330. The first-order valence-electron chi connectivity index (χ1n) is 17.3. The molecule has 1 unspecified atom stereocenters. The summed E-state index contributed by atoms with van der Waals surface area (Å²) in [4.78, 5) is 31.2. The molecule has 0 saturated carbocycles. The fraction of sp³-hybridized carbons (Fsp3) is 0.350. The van der Waals surface area contributed by atoms with Crippen LogP contribution in [0.15, 0.2) is 66.7 Å². The highest BCUT2D eigenvalue weighted by atomic mass is 35.5. The Morgan fingerprint density at radius 3 is 2.06 bits per heavy atom. The molecule has 1 atom stereocenters. The van der Waals surface area contributed by atoms with Gasteiger partial charge >= 0.3 is 12.2 Å². The van der Waals surface area contributed by atoms with E-state index in [2.05, 4.69) is 14.9 Å². The number of aromatic nitrogens is 3. The first kappa shape index (κ1) is 37.5. The maximum Gasteiger partial charge on any atom is 0.410 e. The lowest BCUT2D eigenvalue weighted by Crippen LogP contribution is -2.55. The van der Waals surface area contributed by atoms with E-state index in [9.17, 15) is 4.79 Å². The molecule has 1 amide bonds. The van der Waals surface area contributed by atoms with E-state index in [1.54, 1.807) is 52.0 Å². The van der Waals surface area contributed by atoms with Crippen LogP contribution in [0.1, 0.15) is 44.4 Å². The van der Waals surface area contributed by atoms with Gasteiger partial charge < -0.3 is 28.9 Å². The van der Waals surface area contributed by atoms with Crippen molar-refractivity contribution in [3.8, 4) is 22.8 Å². The van der Waals surface area contributed by atoms with Crippen molar-refractivity contribution in [2.45, 2.75) is 59.4 Å². The molecule has 0 spiro atoms. The van der Waals surface area contributed by atoms with Gasteiger partial charge in [0.15, 0.2) is 5.82 Å². The van der Waals surface area contributed by atoms with Gasteiger partial charge in [0.2, 0.25) is 0 Å². The number of hydrogen-bond acceptors (Lipinski definition) is 9. The number of amides is 1. The second-order valence-corrected chi connectivity index (χ2v) is 14.6. The van der Waals surface area contributed by atoms with Crippen LogP contribution in [0.5, 0.6) is 11.5 Å². The fourth-order valence-corrected chi connectivity index (χ4v) is 6.72. The average Bonchev–Trinajstić information content (AvgIpc) is 3.11. The number of rotatable bonds is 9. The van der Waals surface area contributed by atoms with E-state index in [0.717, 1.165) is 28.2 Å². The summed E-state index contributed by atoms with van der Waals surface area (Å²) in [5.41, 5.74) is 2.27. The van der Waals surface area contributed by atoms with Crippen molar-refractivity contribution >= 4 is 40.2 Å². The van der Waals surface area contributed by atoms with Gasteiger partial charge in [-0.05, 0) is 93.8 Å². The third-order valence-corrected chi connectivity index (χ3v) is 9.29. The summed E-state index contributed by atoms with van der Waals surface area (Å²) in [7, 11) is 3.24. The summed E-state index contributed by atoms with van der Waals surface area (Å²) in [6.07, 6.45) is -1.51. The Bertz CT molecular complexity index is 2060. The zero-order chi connectivity index (χ0) is 38.0. The lowest BCUT2D eigenvalue weighted by atomic mass is 10.0. The van der Waals surface area contributed by atoms with E-state index in [1.807, 2.05) is 73.3 Å². The lowest BCUT2D eigenvalue weighted by molar-refractivity contribution is 0.0218. The minimum Gasteiger partial charge on any atom is -0.497 e. The number of benzene rings is 3. The number of carbonyl (C=O) groups is 1. The quantitative estimate of drug-likeness (QED) is 0.138. The first-order valence-corrected chi connectivity index (χ1v) is 17.7. The summed E-state index contributed by atoms with van der Waals surface area (Å²) in [6, 6.07) is 20.5. The number of methoxy groups -OCH3 is 2. The standard InChI is InChI=1S/C40H43ClF2N6O4/c1-24-18-32(44-33(19-24)48(22-26-8-12-28(51-6)13-9-26)23-27-10-14-29(52-7)15-11-27)34-31(41)20-30-36(35(34)42)45-38(43)46-37(30)49-17-16-47(21-25(49)2)39(50)53-40(3,4)5/h8-15,18-20,25H,16-17,21-23H2,1-7H3. The number of pyridine rings is 1. The Kier molecular flexibility index (Phi) is 10.9. The van der Waals surface area contributed by atoms with Crippen LogP contribution in [0.2, 0.25) is 5.02 Å². The van der Waals surface area contributed by atoms with Gasteiger partial charge in [-0.15, -0.1) is 0 Å². The molecule has 0 radical (unpaired) electrons. The summed E-state index contributed by atoms with van der Waals surface area (Å²) in [5.74, 6) is 1.46. The second-order valence-electron chi connectivity index (χ2n) is 14.2. The van der Waals surface area contributed by atoms with Crippen LogP contribution < -0.4 is 19.3 Å². The van der Waals surface area contributed by atoms with Crippen LogP contribution in [0, 0.1) is 18.8 Å². The molecule has 53 heavy (non-hydrogen) atoms. The molecule has 278 valence electrons. The van der Waals surface area contributed by atoms with Gasteiger partial charge in [0.25, 0.3) is 0 Å². The van der Waals surface area contributed by atoms with Gasteiger partial charge in [-0.3, -0.25) is 0 Å². The summed E-state index contributed by atoms with van der Waals surface area (Å²) >= 11 is 6.90. The molecule has 0 bridgehead atoms. The number of anilines is 2. The van der Waals surface area contributed by atoms with E-state index in [0.29, 0.717) is 38.5 Å². The summed E-state index contributed by atoms with van der Waals surface area (Å²) in [6.45, 7) is 11.1. The molecule has 3 aromatic carbocycles. The van der Waals surface area contributed by atoms with Crippen molar-refractivity contribution < 1.29 is 27.8 Å². The molecule has 0 aliphatic carbocycles. The molecule has 1 aliphatic heterocycles. The fourth-order valence-electron chi connectivity index (χ4n) is 6.43. The molecule has 3 heterocycles. The first-order chi connectivity index (χ1) is 25.2. The molecule has 0 N–H and O–H groups in total. The number of nitrogens with zero attached hydrogens (tertiary/aromatic N) is 6. The van der Waals surface area contributed by atoms with E-state index in [-0.39, 0.29) is 39.0 Å². The second kappa shape index (κ2) is 15.4. The van der Waals surface area contributed by atoms with Crippen molar-refractivity contribution in [1.29, 1.82) is 0 Å². The lowest BCUT2D eigenvalue weighted by Gasteiger charge is -2.41. The maximum atomic E-state index is 16.8. The largest absolute Gasteiger partial charge is 0.497 e. The van der Waals surface area contributed by atoms with Crippen LogP contribution in [0.3, 0.4) is 0 Å². The molecular formula is C40H43ClF2N6O4. The van der Waals surface area contributed by atoms with Crippen LogP contribution in [0.25, 0.3) is 22.2 Å². The molecule has 5 aromatic rings. The number of aryl methyl sites for hydroxylation is 1. The molecule has 1 saturated heterocycles. The molecule has 6 rings (SSSR count). The summed E-state index contributed by atoms with van der Waals surface area (Å²) < 4.78 is 48.2. The van der Waals surface area contributed by atoms with Crippen LogP contribution >= 0.6 is 11.6 Å². The van der Waals surface area contributed by atoms with Crippen molar-refractivity contribution in [3.63, 3.8) is 0 Å². The van der Waals surface area contributed by atoms with Gasteiger partial charge in [-0.1, -0.05) is 35.9 Å². The van der Waals surface area contributed by atoms with Crippen LogP contribution in [0.4, 0.5) is 25.2 Å². The van der Waals surface area contributed by atoms with Gasteiger partial charge in [0.05, 0.1) is 30.5 Å². The monoisotopic (exact) mass is 744 g/mol. The van der Waals surface area contributed by atoms with Crippen molar-refractivity contribution in [2.75, 3.05) is 43.7 Å². The number of piperazine rings is 1. The van der Waals surface area contributed by atoms with Crippen molar-refractivity contribution in [3.05, 3.63) is 100 Å². The van der Waals surface area contributed by atoms with Crippen molar-refractivity contribution in [2.24, 2.45) is 0 Å². The van der Waals surface area contributed by atoms with E-state index in [4.69, 9.17) is 30.8 Å². The number of carbonyl (C=O) groups excluding carboxylic acids is 1. The third-order valence-electron chi connectivity index (χ3n) is 8.99. The zero-order valence-corrected chi connectivity index (χ0v) is 31.7. The molecule has 2 aromatic heterocycles. The minimum absolute atomic E-state index is 0.00445. The number of fused-ring (bicyclic) bond motifs is 1. The van der Waals surface area contributed by atoms with Gasteiger partial charge in [0, 0.05) is 44.2 Å². The maximum absolute atomic E-state index is 16.8. The minimum atomic E-state index is -1.08. The highest BCUT2D eigenvalue weighted by Gasteiger charge is 2.32. The Morgan fingerprint density at radius 1 is 0.906 bits per heavy atom. The molecular weight excluding hydrogens is 702 g/mol. The van der Waals surface area contributed by atoms with Crippen LogP contribution in [-0.2, 0) is 17.8 Å². The normalized spacial score (nSPS) is 14.7. The van der Waals surface area contributed by atoms with E-state index < -0.39 is 23.6 Å². The molecule has 10 nitrogen and oxygen atoms in total. The highest BCUT2D eigenvalue weighted by molar-refractivity contribution is 6.34.